The summed E-state index contributed by atoms with van der Waals surface area (Å²) in [6.07, 6.45) is 5.92. The Labute approximate surface area is 149 Å². The van der Waals surface area contributed by atoms with Crippen LogP contribution in [0.3, 0.4) is 0 Å². The Balaban J connectivity index is 2.01. The molecule has 0 N–H and O–H groups in total. The molecular formula is C19H17N3S2. The average molecular weight is 352 g/mol. The SMILES string of the molecule is CSc1ccc(-c2nc3ncccn3c2-c2scc(C)c2C)cc1. The molecule has 0 amide bonds. The van der Waals surface area contributed by atoms with Crippen molar-refractivity contribution in [1.29, 1.82) is 0 Å². The molecule has 0 fully saturated rings. The van der Waals surface area contributed by atoms with Crippen molar-refractivity contribution in [2.75, 3.05) is 6.26 Å². The third kappa shape index (κ3) is 2.44. The van der Waals surface area contributed by atoms with E-state index >= 15 is 0 Å². The minimum absolute atomic E-state index is 0.738. The maximum absolute atomic E-state index is 4.82. The maximum Gasteiger partial charge on any atom is 0.234 e. The molecule has 0 bridgehead atoms. The van der Waals surface area contributed by atoms with Crippen LogP contribution in [0.4, 0.5) is 0 Å². The van der Waals surface area contributed by atoms with Gasteiger partial charge in [-0.2, -0.15) is 0 Å². The minimum atomic E-state index is 0.738. The van der Waals surface area contributed by atoms with E-state index < -0.39 is 0 Å². The molecule has 24 heavy (non-hydrogen) atoms. The number of hydrogen-bond donors (Lipinski definition) is 0. The predicted molar refractivity (Wildman–Crippen MR) is 103 cm³/mol. The van der Waals surface area contributed by atoms with Gasteiger partial charge in [0.05, 0.1) is 16.3 Å². The minimum Gasteiger partial charge on any atom is -0.282 e. The Morgan fingerprint density at radius 3 is 2.58 bits per heavy atom. The quantitative estimate of drug-likeness (QED) is 0.459. The molecule has 0 aliphatic rings. The van der Waals surface area contributed by atoms with E-state index in [0.717, 1.165) is 22.7 Å². The summed E-state index contributed by atoms with van der Waals surface area (Å²) >= 11 is 3.52. The second-order valence-corrected chi connectivity index (χ2v) is 7.46. The topological polar surface area (TPSA) is 30.2 Å². The summed E-state index contributed by atoms with van der Waals surface area (Å²) in [7, 11) is 0. The third-order valence-corrected chi connectivity index (χ3v) is 6.22. The van der Waals surface area contributed by atoms with Gasteiger partial charge >= 0.3 is 0 Å². The van der Waals surface area contributed by atoms with Gasteiger partial charge in [-0.1, -0.05) is 12.1 Å². The van der Waals surface area contributed by atoms with Gasteiger partial charge in [0.25, 0.3) is 0 Å². The fourth-order valence-electron chi connectivity index (χ4n) is 2.79. The lowest BCUT2D eigenvalue weighted by Crippen LogP contribution is -1.90. The molecule has 0 aliphatic heterocycles. The van der Waals surface area contributed by atoms with Crippen LogP contribution in [-0.4, -0.2) is 20.6 Å². The summed E-state index contributed by atoms with van der Waals surface area (Å²) in [6.45, 7) is 4.33. The van der Waals surface area contributed by atoms with E-state index in [2.05, 4.69) is 59.1 Å². The molecule has 5 heteroatoms. The van der Waals surface area contributed by atoms with Crippen LogP contribution in [-0.2, 0) is 0 Å². The van der Waals surface area contributed by atoms with Gasteiger partial charge in [-0.15, -0.1) is 23.1 Å². The molecule has 3 heterocycles. The molecular weight excluding hydrogens is 334 g/mol. The molecule has 0 radical (unpaired) electrons. The van der Waals surface area contributed by atoms with Crippen LogP contribution in [0.1, 0.15) is 11.1 Å². The number of fused-ring (bicyclic) bond motifs is 1. The van der Waals surface area contributed by atoms with E-state index in [1.165, 1.54) is 20.9 Å². The van der Waals surface area contributed by atoms with Crippen molar-refractivity contribution in [2.24, 2.45) is 0 Å². The van der Waals surface area contributed by atoms with E-state index in [1.54, 1.807) is 29.3 Å². The lowest BCUT2D eigenvalue weighted by Gasteiger charge is -2.06. The first-order chi connectivity index (χ1) is 11.7. The van der Waals surface area contributed by atoms with E-state index in [0.29, 0.717) is 0 Å². The Bertz CT molecular complexity index is 1010. The highest BCUT2D eigenvalue weighted by Crippen LogP contribution is 2.38. The van der Waals surface area contributed by atoms with E-state index in [4.69, 9.17) is 4.98 Å². The Hall–Kier alpha value is -2.11. The molecule has 0 spiro atoms. The van der Waals surface area contributed by atoms with Crippen LogP contribution in [0, 0.1) is 13.8 Å². The lowest BCUT2D eigenvalue weighted by atomic mass is 10.1. The normalized spacial score (nSPS) is 11.3. The zero-order chi connectivity index (χ0) is 16.7. The maximum atomic E-state index is 4.82. The highest BCUT2D eigenvalue weighted by atomic mass is 32.2. The van der Waals surface area contributed by atoms with Crippen molar-refractivity contribution in [3.63, 3.8) is 0 Å². The van der Waals surface area contributed by atoms with Gasteiger partial charge in [0.1, 0.15) is 0 Å². The standard InChI is InChI=1S/C19H17N3S2/c1-12-11-24-18(13(12)2)17-16(14-5-7-15(23-3)8-6-14)21-19-20-9-4-10-22(17)19/h4-11H,1-3H3. The van der Waals surface area contributed by atoms with Crippen LogP contribution >= 0.6 is 23.1 Å². The summed E-state index contributed by atoms with van der Waals surface area (Å²) in [5.41, 5.74) is 5.88. The number of rotatable bonds is 3. The summed E-state index contributed by atoms with van der Waals surface area (Å²) < 4.78 is 2.09. The zero-order valence-electron chi connectivity index (χ0n) is 13.8. The summed E-state index contributed by atoms with van der Waals surface area (Å²) in [5.74, 6) is 0.738. The largest absolute Gasteiger partial charge is 0.282 e. The van der Waals surface area contributed by atoms with Gasteiger partial charge in [0, 0.05) is 22.9 Å². The third-order valence-electron chi connectivity index (χ3n) is 4.27. The fourth-order valence-corrected chi connectivity index (χ4v) is 4.32. The second-order valence-electron chi connectivity index (χ2n) is 5.70. The second kappa shape index (κ2) is 6.07. The molecule has 0 saturated heterocycles. The Morgan fingerprint density at radius 1 is 1.12 bits per heavy atom. The molecule has 4 rings (SSSR count). The van der Waals surface area contributed by atoms with Crippen molar-refractivity contribution < 1.29 is 0 Å². The van der Waals surface area contributed by atoms with Crippen LogP contribution in [0.15, 0.2) is 53.0 Å². The number of aryl methyl sites for hydroxylation is 1. The molecule has 120 valence electrons. The summed E-state index contributed by atoms with van der Waals surface area (Å²) in [5, 5.41) is 2.21. The number of benzene rings is 1. The van der Waals surface area contributed by atoms with Crippen LogP contribution < -0.4 is 0 Å². The molecule has 3 nitrogen and oxygen atoms in total. The number of thiophene rings is 1. The smallest absolute Gasteiger partial charge is 0.234 e. The first-order valence-electron chi connectivity index (χ1n) is 7.71. The van der Waals surface area contributed by atoms with Gasteiger partial charge in [-0.25, -0.2) is 9.97 Å². The lowest BCUT2D eigenvalue weighted by molar-refractivity contribution is 1.11. The van der Waals surface area contributed by atoms with Crippen molar-refractivity contribution in [3.8, 4) is 21.8 Å². The highest BCUT2D eigenvalue weighted by Gasteiger charge is 2.19. The van der Waals surface area contributed by atoms with Gasteiger partial charge in [0.2, 0.25) is 5.78 Å². The number of thioether (sulfide) groups is 1. The summed E-state index contributed by atoms with van der Waals surface area (Å²) in [4.78, 5) is 11.8. The van der Waals surface area contributed by atoms with E-state index in [1.807, 2.05) is 12.3 Å². The number of imidazole rings is 1. The molecule has 4 aromatic rings. The zero-order valence-corrected chi connectivity index (χ0v) is 15.4. The van der Waals surface area contributed by atoms with Gasteiger partial charge in [-0.3, -0.25) is 4.40 Å². The monoisotopic (exact) mass is 351 g/mol. The van der Waals surface area contributed by atoms with Crippen molar-refractivity contribution in [1.82, 2.24) is 14.4 Å². The van der Waals surface area contributed by atoms with Crippen LogP contribution in [0.2, 0.25) is 0 Å². The molecule has 3 aromatic heterocycles. The Morgan fingerprint density at radius 2 is 1.92 bits per heavy atom. The van der Waals surface area contributed by atoms with Crippen molar-refractivity contribution in [2.45, 2.75) is 18.7 Å². The van der Waals surface area contributed by atoms with Gasteiger partial charge < -0.3 is 0 Å². The molecule has 0 saturated carbocycles. The summed E-state index contributed by atoms with van der Waals surface area (Å²) in [6, 6.07) is 10.5. The average Bonchev–Trinajstić information content (AvgIpc) is 3.16. The number of hydrogen-bond acceptors (Lipinski definition) is 4. The molecule has 0 aliphatic carbocycles. The van der Waals surface area contributed by atoms with Crippen molar-refractivity contribution >= 4 is 28.9 Å². The highest BCUT2D eigenvalue weighted by molar-refractivity contribution is 7.98. The molecule has 1 aromatic carbocycles. The van der Waals surface area contributed by atoms with Crippen LogP contribution in [0.5, 0.6) is 0 Å². The number of nitrogens with zero attached hydrogens (tertiary/aromatic N) is 3. The fraction of sp³-hybridized carbons (Fsp3) is 0.158. The Kier molecular flexibility index (Phi) is 3.90. The van der Waals surface area contributed by atoms with Crippen molar-refractivity contribution in [3.05, 3.63) is 59.2 Å². The van der Waals surface area contributed by atoms with Gasteiger partial charge in [-0.05, 0) is 54.8 Å². The molecule has 0 unspecified atom stereocenters. The predicted octanol–water partition coefficient (Wildman–Crippen LogP) is 5.46. The van der Waals surface area contributed by atoms with E-state index in [9.17, 15) is 0 Å². The first kappa shape index (κ1) is 15.4. The first-order valence-corrected chi connectivity index (χ1v) is 9.82. The van der Waals surface area contributed by atoms with E-state index in [-0.39, 0.29) is 0 Å². The molecule has 0 atom stereocenters. The van der Waals surface area contributed by atoms with Gasteiger partial charge in [0.15, 0.2) is 0 Å². The van der Waals surface area contributed by atoms with Crippen LogP contribution in [0.25, 0.3) is 27.6 Å². The number of aromatic nitrogens is 3.